The summed E-state index contributed by atoms with van der Waals surface area (Å²) in [6, 6.07) is 0. The maximum Gasteiger partial charge on any atom is 0.207 e. The van der Waals surface area contributed by atoms with Gasteiger partial charge in [-0.25, -0.2) is 0 Å². The highest BCUT2D eigenvalue weighted by molar-refractivity contribution is 5.66. The van der Waals surface area contributed by atoms with Crippen LogP contribution in [0.4, 0.5) is 0 Å². The summed E-state index contributed by atoms with van der Waals surface area (Å²) in [6.45, 7) is 2.06. The van der Waals surface area contributed by atoms with Crippen molar-refractivity contribution < 1.29 is 24.1 Å². The van der Waals surface area contributed by atoms with E-state index in [-0.39, 0.29) is 6.61 Å². The smallest absolute Gasteiger partial charge is 0.207 e. The summed E-state index contributed by atoms with van der Waals surface area (Å²) in [5.41, 5.74) is 1.90. The van der Waals surface area contributed by atoms with Gasteiger partial charge in [0.15, 0.2) is 11.5 Å². The van der Waals surface area contributed by atoms with Crippen LogP contribution < -0.4 is 18.9 Å². The fraction of sp³-hybridized carbons (Fsp3) is 0.571. The molecule has 0 saturated heterocycles. The third-order valence-corrected chi connectivity index (χ3v) is 3.09. The van der Waals surface area contributed by atoms with E-state index in [0.717, 1.165) is 11.1 Å². The van der Waals surface area contributed by atoms with Crippen LogP contribution >= 0.6 is 0 Å². The van der Waals surface area contributed by atoms with Gasteiger partial charge < -0.3 is 24.1 Å². The summed E-state index contributed by atoms with van der Waals surface area (Å²) in [4.78, 5) is 0. The molecule has 108 valence electrons. The molecule has 0 atom stereocenters. The van der Waals surface area contributed by atoms with Crippen molar-refractivity contribution in [3.05, 3.63) is 11.1 Å². The molecule has 0 saturated carbocycles. The second-order valence-corrected chi connectivity index (χ2v) is 4.06. The van der Waals surface area contributed by atoms with E-state index in [1.807, 2.05) is 6.92 Å². The van der Waals surface area contributed by atoms with Crippen LogP contribution in [-0.2, 0) is 6.42 Å². The van der Waals surface area contributed by atoms with E-state index in [2.05, 4.69) is 0 Å². The topological polar surface area (TPSA) is 57.2 Å². The van der Waals surface area contributed by atoms with Crippen molar-refractivity contribution in [2.45, 2.75) is 19.8 Å². The number of aliphatic hydroxyl groups excluding tert-OH is 1. The first kappa shape index (κ1) is 15.4. The normalized spacial score (nSPS) is 10.2. The van der Waals surface area contributed by atoms with Gasteiger partial charge in [-0.2, -0.15) is 0 Å². The molecule has 0 fully saturated rings. The Balaban J connectivity index is 3.52. The lowest BCUT2D eigenvalue weighted by atomic mass is 10.00. The molecule has 0 aliphatic carbocycles. The summed E-state index contributed by atoms with van der Waals surface area (Å²) in [5.74, 6) is 2.30. The quantitative estimate of drug-likeness (QED) is 0.820. The Bertz CT molecular complexity index is 429. The lowest BCUT2D eigenvalue weighted by molar-refractivity contribution is 0.284. The van der Waals surface area contributed by atoms with Crippen molar-refractivity contribution >= 4 is 0 Å². The average molecular weight is 270 g/mol. The van der Waals surface area contributed by atoms with Crippen molar-refractivity contribution in [3.63, 3.8) is 0 Å². The van der Waals surface area contributed by atoms with Gasteiger partial charge in [0.2, 0.25) is 11.5 Å². The van der Waals surface area contributed by atoms with Gasteiger partial charge in [0.05, 0.1) is 28.4 Å². The Labute approximate surface area is 114 Å². The van der Waals surface area contributed by atoms with E-state index >= 15 is 0 Å². The van der Waals surface area contributed by atoms with E-state index in [1.165, 1.54) is 0 Å². The maximum atomic E-state index is 9.01. The van der Waals surface area contributed by atoms with Crippen LogP contribution in [0.25, 0.3) is 0 Å². The predicted molar refractivity (Wildman–Crippen MR) is 72.8 cm³/mol. The fourth-order valence-electron chi connectivity index (χ4n) is 2.21. The number of benzene rings is 1. The molecular weight excluding hydrogens is 248 g/mol. The Morgan fingerprint density at radius 2 is 1.26 bits per heavy atom. The zero-order valence-corrected chi connectivity index (χ0v) is 12.2. The predicted octanol–water partition coefficient (Wildman–Crippen LogP) is 1.95. The molecule has 1 N–H and O–H groups in total. The molecule has 0 unspecified atom stereocenters. The highest BCUT2D eigenvalue weighted by atomic mass is 16.5. The van der Waals surface area contributed by atoms with Crippen LogP contribution in [-0.4, -0.2) is 40.2 Å². The van der Waals surface area contributed by atoms with E-state index in [9.17, 15) is 0 Å². The Hall–Kier alpha value is -1.62. The molecule has 5 heteroatoms. The van der Waals surface area contributed by atoms with Gasteiger partial charge in [0, 0.05) is 17.7 Å². The van der Waals surface area contributed by atoms with Crippen molar-refractivity contribution in [2.24, 2.45) is 0 Å². The number of hydrogen-bond donors (Lipinski definition) is 1. The molecule has 0 radical (unpaired) electrons. The Kier molecular flexibility index (Phi) is 5.76. The lowest BCUT2D eigenvalue weighted by Gasteiger charge is -2.21. The van der Waals surface area contributed by atoms with Crippen molar-refractivity contribution in [3.8, 4) is 23.0 Å². The maximum absolute atomic E-state index is 9.01. The molecule has 5 nitrogen and oxygen atoms in total. The van der Waals surface area contributed by atoms with Crippen molar-refractivity contribution in [1.29, 1.82) is 0 Å². The summed E-state index contributed by atoms with van der Waals surface area (Å²) in [7, 11) is 6.30. The monoisotopic (exact) mass is 270 g/mol. The van der Waals surface area contributed by atoms with E-state index in [1.54, 1.807) is 28.4 Å². The third-order valence-electron chi connectivity index (χ3n) is 3.09. The molecule has 0 aromatic heterocycles. The molecule has 0 aliphatic heterocycles. The minimum atomic E-state index is 0.124. The zero-order chi connectivity index (χ0) is 14.4. The molecule has 19 heavy (non-hydrogen) atoms. The number of ether oxygens (including phenoxy) is 4. The fourth-order valence-corrected chi connectivity index (χ4v) is 2.21. The molecule has 0 amide bonds. The van der Waals surface area contributed by atoms with Gasteiger partial charge in [0.1, 0.15) is 0 Å². The van der Waals surface area contributed by atoms with E-state index in [0.29, 0.717) is 35.8 Å². The highest BCUT2D eigenvalue weighted by Crippen LogP contribution is 2.49. The van der Waals surface area contributed by atoms with E-state index in [4.69, 9.17) is 24.1 Å². The first-order valence-corrected chi connectivity index (χ1v) is 6.12. The summed E-state index contributed by atoms with van der Waals surface area (Å²) >= 11 is 0. The van der Waals surface area contributed by atoms with Gasteiger partial charge in [-0.05, 0) is 19.8 Å². The van der Waals surface area contributed by atoms with E-state index < -0.39 is 0 Å². The molecule has 0 spiro atoms. The lowest BCUT2D eigenvalue weighted by Crippen LogP contribution is -2.05. The molecule has 1 aromatic rings. The molecule has 1 rings (SSSR count). The number of methoxy groups -OCH3 is 4. The first-order chi connectivity index (χ1) is 9.15. The van der Waals surface area contributed by atoms with Crippen molar-refractivity contribution in [1.82, 2.24) is 0 Å². The van der Waals surface area contributed by atoms with Gasteiger partial charge in [-0.1, -0.05) is 0 Å². The summed E-state index contributed by atoms with van der Waals surface area (Å²) in [6.07, 6.45) is 1.33. The first-order valence-electron chi connectivity index (χ1n) is 6.12. The molecule has 0 aliphatic rings. The molecule has 0 heterocycles. The van der Waals surface area contributed by atoms with Crippen LogP contribution in [0.15, 0.2) is 0 Å². The minimum absolute atomic E-state index is 0.124. The standard InChI is InChI=1S/C14H22O5/c1-9-10(7-6-8-15)12(17-3)14(19-5)13(18-4)11(9)16-2/h15H,6-8H2,1-5H3. The van der Waals surface area contributed by atoms with Gasteiger partial charge in [-0.3, -0.25) is 0 Å². The number of hydrogen-bond acceptors (Lipinski definition) is 5. The Morgan fingerprint density at radius 3 is 1.68 bits per heavy atom. The summed E-state index contributed by atoms with van der Waals surface area (Å²) in [5, 5.41) is 9.01. The van der Waals surface area contributed by atoms with Crippen LogP contribution in [0, 0.1) is 6.92 Å². The van der Waals surface area contributed by atoms with Crippen LogP contribution in [0.5, 0.6) is 23.0 Å². The molecule has 1 aromatic carbocycles. The second-order valence-electron chi connectivity index (χ2n) is 4.06. The van der Waals surface area contributed by atoms with Gasteiger partial charge in [0.25, 0.3) is 0 Å². The zero-order valence-electron chi connectivity index (χ0n) is 12.2. The minimum Gasteiger partial charge on any atom is -0.492 e. The average Bonchev–Trinajstić information content (AvgIpc) is 2.44. The third kappa shape index (κ3) is 2.87. The number of rotatable bonds is 7. The van der Waals surface area contributed by atoms with Crippen LogP contribution in [0.3, 0.4) is 0 Å². The van der Waals surface area contributed by atoms with Crippen molar-refractivity contribution in [2.75, 3.05) is 35.0 Å². The van der Waals surface area contributed by atoms with Crippen LogP contribution in [0.1, 0.15) is 17.5 Å². The Morgan fingerprint density at radius 1 is 0.789 bits per heavy atom. The molecule has 0 bridgehead atoms. The number of aliphatic hydroxyl groups is 1. The second kappa shape index (κ2) is 7.09. The summed E-state index contributed by atoms with van der Waals surface area (Å²) < 4.78 is 21.6. The van der Waals surface area contributed by atoms with Gasteiger partial charge in [-0.15, -0.1) is 0 Å². The largest absolute Gasteiger partial charge is 0.492 e. The van der Waals surface area contributed by atoms with Crippen LogP contribution in [0.2, 0.25) is 0 Å². The SMILES string of the molecule is COc1c(C)c(CCCO)c(OC)c(OC)c1OC. The van der Waals surface area contributed by atoms with Gasteiger partial charge >= 0.3 is 0 Å². The molecular formula is C14H22O5. The highest BCUT2D eigenvalue weighted by Gasteiger charge is 2.24.